The van der Waals surface area contributed by atoms with Gasteiger partial charge in [-0.05, 0) is 13.8 Å². The van der Waals surface area contributed by atoms with Gasteiger partial charge in [-0.1, -0.05) is 0 Å². The molecule has 0 amide bonds. The fraction of sp³-hybridized carbons (Fsp3) is 0.500. The van der Waals surface area contributed by atoms with Crippen LogP contribution in [0.1, 0.15) is 13.8 Å². The quantitative estimate of drug-likeness (QED) is 0.652. The van der Waals surface area contributed by atoms with Gasteiger partial charge < -0.3 is 9.73 Å². The maximum absolute atomic E-state index is 4.92. The van der Waals surface area contributed by atoms with E-state index < -0.39 is 0 Å². The number of hydrogen-bond acceptors (Lipinski definition) is 3. The molecule has 0 aliphatic rings. The molecule has 1 heterocycles. The van der Waals surface area contributed by atoms with E-state index in [1.54, 1.807) is 12.5 Å². The standard InChI is InChI=1S/C6H10N2O/c1-5(2)8-6-7-3-4-9-6/h3-5H,1-2H3,(H,7,8). The highest BCUT2D eigenvalue weighted by molar-refractivity contribution is 5.18. The van der Waals surface area contributed by atoms with E-state index in [-0.39, 0.29) is 0 Å². The Morgan fingerprint density at radius 2 is 2.44 bits per heavy atom. The zero-order valence-electron chi connectivity index (χ0n) is 5.59. The van der Waals surface area contributed by atoms with E-state index in [1.807, 2.05) is 13.8 Å². The maximum Gasteiger partial charge on any atom is 0.294 e. The first-order valence-corrected chi connectivity index (χ1v) is 2.95. The van der Waals surface area contributed by atoms with E-state index in [1.165, 1.54) is 0 Å². The van der Waals surface area contributed by atoms with Gasteiger partial charge in [-0.2, -0.15) is 0 Å². The van der Waals surface area contributed by atoms with Crippen molar-refractivity contribution in [3.8, 4) is 0 Å². The topological polar surface area (TPSA) is 38.1 Å². The van der Waals surface area contributed by atoms with Crippen molar-refractivity contribution in [2.75, 3.05) is 5.32 Å². The summed E-state index contributed by atoms with van der Waals surface area (Å²) in [6, 6.07) is 0.966. The summed E-state index contributed by atoms with van der Waals surface area (Å²) >= 11 is 0. The predicted molar refractivity (Wildman–Crippen MR) is 35.3 cm³/mol. The first kappa shape index (κ1) is 6.13. The minimum absolute atomic E-state index is 0.378. The van der Waals surface area contributed by atoms with Crippen LogP contribution in [-0.2, 0) is 0 Å². The number of nitrogens with one attached hydrogen (secondary N) is 1. The van der Waals surface area contributed by atoms with Crippen LogP contribution < -0.4 is 5.32 Å². The molecule has 0 atom stereocenters. The van der Waals surface area contributed by atoms with E-state index in [0.29, 0.717) is 12.1 Å². The average molecular weight is 126 g/mol. The van der Waals surface area contributed by atoms with Crippen LogP contribution in [0.3, 0.4) is 0 Å². The molecule has 1 rings (SSSR count). The smallest absolute Gasteiger partial charge is 0.294 e. The molecule has 50 valence electrons. The van der Waals surface area contributed by atoms with Crippen LogP contribution in [0.4, 0.5) is 6.01 Å². The summed E-state index contributed by atoms with van der Waals surface area (Å²) in [4.78, 5) is 3.88. The molecule has 3 heteroatoms. The number of anilines is 1. The minimum atomic E-state index is 0.378. The average Bonchev–Trinajstić information content (AvgIpc) is 2.15. The normalized spacial score (nSPS) is 10.1. The third-order valence-electron chi connectivity index (χ3n) is 0.844. The Morgan fingerprint density at radius 3 is 2.89 bits per heavy atom. The highest BCUT2D eigenvalue weighted by atomic mass is 16.4. The van der Waals surface area contributed by atoms with Crippen LogP contribution in [0, 0.1) is 0 Å². The zero-order valence-corrected chi connectivity index (χ0v) is 5.59. The number of oxazole rings is 1. The number of hydrogen-bond donors (Lipinski definition) is 1. The Balaban J connectivity index is 2.48. The van der Waals surface area contributed by atoms with Gasteiger partial charge in [0.1, 0.15) is 6.26 Å². The van der Waals surface area contributed by atoms with E-state index in [4.69, 9.17) is 4.42 Å². The lowest BCUT2D eigenvalue weighted by molar-refractivity contribution is 0.565. The van der Waals surface area contributed by atoms with Gasteiger partial charge >= 0.3 is 0 Å². The first-order valence-electron chi connectivity index (χ1n) is 2.95. The molecule has 9 heavy (non-hydrogen) atoms. The van der Waals surface area contributed by atoms with Gasteiger partial charge in [-0.15, -0.1) is 0 Å². The monoisotopic (exact) mass is 126 g/mol. The van der Waals surface area contributed by atoms with Crippen LogP contribution in [0.2, 0.25) is 0 Å². The van der Waals surface area contributed by atoms with Crippen LogP contribution >= 0.6 is 0 Å². The van der Waals surface area contributed by atoms with E-state index in [2.05, 4.69) is 10.3 Å². The molecule has 0 aromatic carbocycles. The SMILES string of the molecule is CC(C)Nc1ncco1. The third-order valence-corrected chi connectivity index (χ3v) is 0.844. The summed E-state index contributed by atoms with van der Waals surface area (Å²) in [6.45, 7) is 4.06. The molecule has 0 bridgehead atoms. The van der Waals surface area contributed by atoms with Crippen molar-refractivity contribution in [2.45, 2.75) is 19.9 Å². The summed E-state index contributed by atoms with van der Waals surface area (Å²) in [5.74, 6) is 0. The molecule has 0 radical (unpaired) electrons. The molecule has 1 aromatic heterocycles. The summed E-state index contributed by atoms with van der Waals surface area (Å²) in [6.07, 6.45) is 3.16. The second-order valence-electron chi connectivity index (χ2n) is 2.14. The Bertz CT molecular complexity index is 158. The van der Waals surface area contributed by atoms with Crippen molar-refractivity contribution >= 4 is 6.01 Å². The van der Waals surface area contributed by atoms with E-state index >= 15 is 0 Å². The molecule has 0 saturated carbocycles. The minimum Gasteiger partial charge on any atom is -0.432 e. The van der Waals surface area contributed by atoms with Crippen LogP contribution in [0.25, 0.3) is 0 Å². The highest BCUT2D eigenvalue weighted by Gasteiger charge is 1.95. The van der Waals surface area contributed by atoms with Gasteiger partial charge in [0.05, 0.1) is 6.20 Å². The fourth-order valence-corrected chi connectivity index (χ4v) is 0.542. The highest BCUT2D eigenvalue weighted by Crippen LogP contribution is 2.01. The number of rotatable bonds is 2. The molecule has 0 spiro atoms. The van der Waals surface area contributed by atoms with Gasteiger partial charge in [-0.3, -0.25) is 0 Å². The molecular weight excluding hydrogens is 116 g/mol. The zero-order chi connectivity index (χ0) is 6.69. The summed E-state index contributed by atoms with van der Waals surface area (Å²) < 4.78 is 4.92. The van der Waals surface area contributed by atoms with E-state index in [9.17, 15) is 0 Å². The predicted octanol–water partition coefficient (Wildman–Crippen LogP) is 1.49. The van der Waals surface area contributed by atoms with Crippen molar-refractivity contribution in [2.24, 2.45) is 0 Å². The number of nitrogens with zero attached hydrogens (tertiary/aromatic N) is 1. The van der Waals surface area contributed by atoms with E-state index in [0.717, 1.165) is 0 Å². The van der Waals surface area contributed by atoms with Gasteiger partial charge in [-0.25, -0.2) is 4.98 Å². The Hall–Kier alpha value is -0.990. The lowest BCUT2D eigenvalue weighted by Crippen LogP contribution is -2.09. The molecule has 0 aliphatic carbocycles. The van der Waals surface area contributed by atoms with Crippen molar-refractivity contribution in [3.63, 3.8) is 0 Å². The Labute approximate surface area is 54.1 Å². The lowest BCUT2D eigenvalue weighted by atomic mass is 10.4. The van der Waals surface area contributed by atoms with Crippen LogP contribution in [0.5, 0.6) is 0 Å². The van der Waals surface area contributed by atoms with Gasteiger partial charge in [0.25, 0.3) is 6.01 Å². The van der Waals surface area contributed by atoms with Crippen LogP contribution in [-0.4, -0.2) is 11.0 Å². The van der Waals surface area contributed by atoms with Crippen molar-refractivity contribution < 1.29 is 4.42 Å². The lowest BCUT2D eigenvalue weighted by Gasteiger charge is -2.02. The summed E-state index contributed by atoms with van der Waals surface area (Å²) in [7, 11) is 0. The van der Waals surface area contributed by atoms with Crippen molar-refractivity contribution in [1.82, 2.24) is 4.98 Å². The molecule has 0 aliphatic heterocycles. The van der Waals surface area contributed by atoms with Crippen molar-refractivity contribution in [3.05, 3.63) is 12.5 Å². The Kier molecular flexibility index (Phi) is 1.72. The van der Waals surface area contributed by atoms with Gasteiger partial charge in [0, 0.05) is 6.04 Å². The van der Waals surface area contributed by atoms with Gasteiger partial charge in [0.15, 0.2) is 0 Å². The molecular formula is C6H10N2O. The Morgan fingerprint density at radius 1 is 1.67 bits per heavy atom. The third kappa shape index (κ3) is 1.76. The number of aromatic nitrogens is 1. The molecule has 1 aromatic rings. The molecule has 0 saturated heterocycles. The maximum atomic E-state index is 4.92. The molecule has 1 N–H and O–H groups in total. The van der Waals surface area contributed by atoms with Crippen molar-refractivity contribution in [1.29, 1.82) is 0 Å². The molecule has 0 unspecified atom stereocenters. The second-order valence-corrected chi connectivity index (χ2v) is 2.14. The van der Waals surface area contributed by atoms with Crippen LogP contribution in [0.15, 0.2) is 16.9 Å². The van der Waals surface area contributed by atoms with Gasteiger partial charge in [0.2, 0.25) is 0 Å². The second kappa shape index (κ2) is 2.53. The molecule has 3 nitrogen and oxygen atoms in total. The summed E-state index contributed by atoms with van der Waals surface area (Å²) in [5, 5.41) is 3.01. The first-order chi connectivity index (χ1) is 4.29. The fourth-order valence-electron chi connectivity index (χ4n) is 0.542. The largest absolute Gasteiger partial charge is 0.432 e. The summed E-state index contributed by atoms with van der Waals surface area (Å²) in [5.41, 5.74) is 0. The molecule has 0 fully saturated rings.